The molecule has 2 aromatic rings. The van der Waals surface area contributed by atoms with Crippen molar-refractivity contribution in [3.05, 3.63) is 54.1 Å². The minimum Gasteiger partial charge on any atom is -0.508 e. The summed E-state index contributed by atoms with van der Waals surface area (Å²) in [7, 11) is 1.43. The van der Waals surface area contributed by atoms with Gasteiger partial charge in [-0.2, -0.15) is 0 Å². The van der Waals surface area contributed by atoms with Crippen LogP contribution in [0.25, 0.3) is 0 Å². The Morgan fingerprint density at radius 3 is 2.18 bits per heavy atom. The van der Waals surface area contributed by atoms with Gasteiger partial charge in [-0.3, -0.25) is 4.79 Å². The van der Waals surface area contributed by atoms with Crippen molar-refractivity contribution >= 4 is 5.97 Å². The fourth-order valence-electron chi connectivity index (χ4n) is 1.89. The molecule has 5 heteroatoms. The van der Waals surface area contributed by atoms with Crippen LogP contribution < -0.4 is 4.74 Å². The molecule has 0 spiro atoms. The number of aliphatic carboxylic acids is 1. The maximum Gasteiger partial charge on any atom is 0.310 e. The van der Waals surface area contributed by atoms with Gasteiger partial charge < -0.3 is 20.1 Å². The molecule has 0 saturated heterocycles. The topological polar surface area (TPSA) is 87.0 Å². The van der Waals surface area contributed by atoms with Crippen LogP contribution in [0.4, 0.5) is 0 Å². The van der Waals surface area contributed by atoms with E-state index >= 15 is 0 Å². The van der Waals surface area contributed by atoms with Gasteiger partial charge in [0.1, 0.15) is 5.75 Å². The molecule has 2 rings (SSSR count). The number of carbonyl (C=O) groups is 1. The molecule has 0 bridgehead atoms. The molecule has 1 unspecified atom stereocenters. The molecule has 3 N–H and O–H groups in total. The Morgan fingerprint density at radius 2 is 1.77 bits per heavy atom. The lowest BCUT2D eigenvalue weighted by Crippen LogP contribution is -2.10. The molecule has 22 heavy (non-hydrogen) atoms. The molecule has 0 fully saturated rings. The minimum absolute atomic E-state index is 0.0153. The molecule has 0 amide bonds. The quantitative estimate of drug-likeness (QED) is 0.806. The summed E-state index contributed by atoms with van der Waals surface area (Å²) in [6.07, 6.45) is 0.503. The predicted molar refractivity (Wildman–Crippen MR) is 83.4 cm³/mol. The molecule has 0 aliphatic rings. The second kappa shape index (κ2) is 8.56. The Kier molecular flexibility index (Phi) is 6.76. The third-order valence-electron chi connectivity index (χ3n) is 3.07. The molecule has 0 aliphatic heterocycles. The van der Waals surface area contributed by atoms with E-state index in [0.717, 1.165) is 0 Å². The lowest BCUT2D eigenvalue weighted by atomic mass is 9.96. The SMILES string of the molecule is CCC(C(=O)O)c1ccc(O)c(OC)c1.Oc1ccccc1. The van der Waals surface area contributed by atoms with Gasteiger partial charge in [-0.05, 0) is 36.2 Å². The maximum atomic E-state index is 10.9. The number of ether oxygens (including phenoxy) is 1. The van der Waals surface area contributed by atoms with Crippen molar-refractivity contribution in [3.63, 3.8) is 0 Å². The molecule has 0 aromatic heterocycles. The summed E-state index contributed by atoms with van der Waals surface area (Å²) < 4.78 is 4.92. The molecule has 0 radical (unpaired) electrons. The van der Waals surface area contributed by atoms with Gasteiger partial charge in [-0.25, -0.2) is 0 Å². The zero-order chi connectivity index (χ0) is 16.5. The summed E-state index contributed by atoms with van der Waals surface area (Å²) in [5, 5.41) is 26.9. The Balaban J connectivity index is 0.000000287. The highest BCUT2D eigenvalue weighted by Crippen LogP contribution is 2.30. The number of carboxylic acids is 1. The van der Waals surface area contributed by atoms with Crippen molar-refractivity contribution < 1.29 is 24.9 Å². The van der Waals surface area contributed by atoms with Crippen LogP contribution in [0.5, 0.6) is 17.2 Å². The highest BCUT2D eigenvalue weighted by Gasteiger charge is 2.18. The first-order chi connectivity index (χ1) is 10.5. The van der Waals surface area contributed by atoms with Crippen LogP contribution in [-0.2, 0) is 4.79 Å². The standard InChI is InChI=1S/C11H14O4.C6H6O/c1-3-8(11(13)14)7-4-5-9(12)10(6-7)15-2;7-6-4-2-1-3-5-6/h4-6,8,12H,3H2,1-2H3,(H,13,14);1-5,7H. The Bertz CT molecular complexity index is 595. The van der Waals surface area contributed by atoms with E-state index in [1.165, 1.54) is 13.2 Å². The van der Waals surface area contributed by atoms with Gasteiger partial charge in [-0.15, -0.1) is 0 Å². The summed E-state index contributed by atoms with van der Waals surface area (Å²) in [6, 6.07) is 13.3. The van der Waals surface area contributed by atoms with Gasteiger partial charge in [0.25, 0.3) is 0 Å². The molecule has 118 valence electrons. The fraction of sp³-hybridized carbons (Fsp3) is 0.235. The number of phenols is 2. The number of aromatic hydroxyl groups is 2. The first kappa shape index (κ1) is 17.4. The van der Waals surface area contributed by atoms with Crippen molar-refractivity contribution in [3.8, 4) is 17.2 Å². The third-order valence-corrected chi connectivity index (χ3v) is 3.07. The minimum atomic E-state index is -0.870. The number of carboxylic acid groups (broad SMARTS) is 1. The zero-order valence-electron chi connectivity index (χ0n) is 12.6. The summed E-state index contributed by atoms with van der Waals surface area (Å²) in [6.45, 7) is 1.80. The van der Waals surface area contributed by atoms with Gasteiger partial charge in [0, 0.05) is 0 Å². The lowest BCUT2D eigenvalue weighted by Gasteiger charge is -2.12. The van der Waals surface area contributed by atoms with E-state index in [4.69, 9.17) is 14.9 Å². The number of benzene rings is 2. The molecule has 0 aliphatic carbocycles. The van der Waals surface area contributed by atoms with Crippen LogP contribution in [0, 0.1) is 0 Å². The van der Waals surface area contributed by atoms with Crippen LogP contribution >= 0.6 is 0 Å². The van der Waals surface area contributed by atoms with Crippen LogP contribution in [0.15, 0.2) is 48.5 Å². The van der Waals surface area contributed by atoms with Crippen molar-refractivity contribution in [2.45, 2.75) is 19.3 Å². The van der Waals surface area contributed by atoms with E-state index < -0.39 is 11.9 Å². The normalized spacial score (nSPS) is 11.0. The second-order valence-electron chi connectivity index (χ2n) is 4.57. The van der Waals surface area contributed by atoms with Gasteiger partial charge in [0.15, 0.2) is 11.5 Å². The molecular weight excluding hydrogens is 284 g/mol. The largest absolute Gasteiger partial charge is 0.508 e. The number of methoxy groups -OCH3 is 1. The first-order valence-corrected chi connectivity index (χ1v) is 6.83. The van der Waals surface area contributed by atoms with Crippen molar-refractivity contribution in [1.82, 2.24) is 0 Å². The van der Waals surface area contributed by atoms with Crippen LogP contribution in [0.3, 0.4) is 0 Å². The number of hydrogen-bond acceptors (Lipinski definition) is 4. The smallest absolute Gasteiger partial charge is 0.310 e. The van der Waals surface area contributed by atoms with E-state index in [0.29, 0.717) is 23.5 Å². The highest BCUT2D eigenvalue weighted by atomic mass is 16.5. The number of phenolic OH excluding ortho intramolecular Hbond substituents is 2. The van der Waals surface area contributed by atoms with E-state index in [1.54, 1.807) is 43.3 Å². The van der Waals surface area contributed by atoms with Gasteiger partial charge in [0.05, 0.1) is 13.0 Å². The average molecular weight is 304 g/mol. The van der Waals surface area contributed by atoms with Gasteiger partial charge >= 0.3 is 5.97 Å². The van der Waals surface area contributed by atoms with Crippen molar-refractivity contribution in [2.24, 2.45) is 0 Å². The monoisotopic (exact) mass is 304 g/mol. The molecule has 0 saturated carbocycles. The predicted octanol–water partition coefficient (Wildman–Crippen LogP) is 3.37. The summed E-state index contributed by atoms with van der Waals surface area (Å²) in [5.41, 5.74) is 0.639. The van der Waals surface area contributed by atoms with Gasteiger partial charge in [-0.1, -0.05) is 31.2 Å². The maximum absolute atomic E-state index is 10.9. The first-order valence-electron chi connectivity index (χ1n) is 6.83. The van der Waals surface area contributed by atoms with Crippen LogP contribution in [0.1, 0.15) is 24.8 Å². The van der Waals surface area contributed by atoms with Crippen molar-refractivity contribution in [1.29, 1.82) is 0 Å². The average Bonchev–Trinajstić information content (AvgIpc) is 2.50. The molecule has 5 nitrogen and oxygen atoms in total. The number of hydrogen-bond donors (Lipinski definition) is 3. The van der Waals surface area contributed by atoms with E-state index in [-0.39, 0.29) is 5.75 Å². The summed E-state index contributed by atoms with van der Waals surface area (Å²) in [4.78, 5) is 10.9. The number of para-hydroxylation sites is 1. The fourth-order valence-corrected chi connectivity index (χ4v) is 1.89. The van der Waals surface area contributed by atoms with E-state index in [1.807, 2.05) is 6.07 Å². The number of rotatable bonds is 4. The Hall–Kier alpha value is -2.69. The highest BCUT2D eigenvalue weighted by molar-refractivity contribution is 5.76. The summed E-state index contributed by atoms with van der Waals surface area (Å²) in [5.74, 6) is -0.791. The molecule has 2 aromatic carbocycles. The Labute approximate surface area is 129 Å². The third kappa shape index (κ3) is 5.01. The second-order valence-corrected chi connectivity index (χ2v) is 4.57. The van der Waals surface area contributed by atoms with Crippen LogP contribution in [0.2, 0.25) is 0 Å². The molecule has 0 heterocycles. The lowest BCUT2D eigenvalue weighted by molar-refractivity contribution is -0.138. The Morgan fingerprint density at radius 1 is 1.14 bits per heavy atom. The van der Waals surface area contributed by atoms with Crippen molar-refractivity contribution in [2.75, 3.05) is 7.11 Å². The molecular formula is C17H20O5. The van der Waals surface area contributed by atoms with Crippen LogP contribution in [-0.4, -0.2) is 28.4 Å². The zero-order valence-corrected chi connectivity index (χ0v) is 12.6. The molecule has 1 atom stereocenters. The van der Waals surface area contributed by atoms with E-state index in [2.05, 4.69) is 0 Å². The van der Waals surface area contributed by atoms with Gasteiger partial charge in [0.2, 0.25) is 0 Å². The van der Waals surface area contributed by atoms with E-state index in [9.17, 15) is 9.90 Å². The summed E-state index contributed by atoms with van der Waals surface area (Å²) >= 11 is 0.